The number of benzene rings is 1. The van der Waals surface area contributed by atoms with Crippen LogP contribution in [-0.2, 0) is 6.54 Å². The number of aliphatic hydroxyl groups excluding tert-OH is 1. The first-order valence-electron chi connectivity index (χ1n) is 7.01. The minimum atomic E-state index is -0.253. The van der Waals surface area contributed by atoms with Crippen molar-refractivity contribution >= 4 is 5.91 Å². The van der Waals surface area contributed by atoms with E-state index in [-0.39, 0.29) is 18.6 Å². The number of carbonyl (C=O) groups is 1. The predicted octanol–water partition coefficient (Wildman–Crippen LogP) is 1.66. The van der Waals surface area contributed by atoms with Gasteiger partial charge in [0.2, 0.25) is 0 Å². The van der Waals surface area contributed by atoms with Crippen LogP contribution in [0.15, 0.2) is 30.3 Å². The maximum absolute atomic E-state index is 12.0. The summed E-state index contributed by atoms with van der Waals surface area (Å²) in [4.78, 5) is 12.0. The summed E-state index contributed by atoms with van der Waals surface area (Å²) in [6, 6.07) is 9.24. The highest BCUT2D eigenvalue weighted by molar-refractivity contribution is 5.94. The summed E-state index contributed by atoms with van der Waals surface area (Å²) >= 11 is 0. The largest absolute Gasteiger partial charge is 0.394 e. The first-order chi connectivity index (χ1) is 9.99. The highest BCUT2D eigenvalue weighted by atomic mass is 16.3. The van der Waals surface area contributed by atoms with Crippen LogP contribution < -0.4 is 5.32 Å². The lowest BCUT2D eigenvalue weighted by molar-refractivity contribution is 0.0922. The van der Waals surface area contributed by atoms with Crippen LogP contribution in [0.1, 0.15) is 34.2 Å². The molecule has 112 valence electrons. The van der Waals surface area contributed by atoms with Gasteiger partial charge in [0.05, 0.1) is 18.8 Å². The lowest BCUT2D eigenvalue weighted by Crippen LogP contribution is -2.35. The number of hydrogen-bond acceptors (Lipinski definition) is 3. The molecule has 0 saturated heterocycles. The normalized spacial score (nSPS) is 12.2. The predicted molar refractivity (Wildman–Crippen MR) is 81.3 cm³/mol. The van der Waals surface area contributed by atoms with Gasteiger partial charge in [-0.15, -0.1) is 0 Å². The molecule has 0 spiro atoms. The maximum Gasteiger partial charge on any atom is 0.251 e. The number of amides is 1. The van der Waals surface area contributed by atoms with Crippen LogP contribution in [0.5, 0.6) is 0 Å². The Bertz CT molecular complexity index is 634. The standard InChI is InChI=1S/C16H21N3O2/c1-11-7-13(3)19(18-11)9-14-5-4-6-15(8-14)16(21)17-12(2)10-20/h4-8,12,20H,9-10H2,1-3H3,(H,17,21). The maximum atomic E-state index is 12.0. The van der Waals surface area contributed by atoms with Crippen LogP contribution in [0.2, 0.25) is 0 Å². The molecule has 1 atom stereocenters. The molecule has 5 heteroatoms. The molecule has 0 fully saturated rings. The average Bonchev–Trinajstić information content (AvgIpc) is 2.77. The van der Waals surface area contributed by atoms with E-state index in [1.165, 1.54) is 0 Å². The Morgan fingerprint density at radius 2 is 2.14 bits per heavy atom. The van der Waals surface area contributed by atoms with Crippen molar-refractivity contribution in [3.8, 4) is 0 Å². The number of carbonyl (C=O) groups excluding carboxylic acids is 1. The Balaban J connectivity index is 2.14. The highest BCUT2D eigenvalue weighted by Crippen LogP contribution is 2.10. The van der Waals surface area contributed by atoms with Gasteiger partial charge in [-0.05, 0) is 44.5 Å². The molecule has 1 aromatic heterocycles. The zero-order valence-corrected chi connectivity index (χ0v) is 12.6. The molecule has 21 heavy (non-hydrogen) atoms. The molecule has 1 heterocycles. The van der Waals surface area contributed by atoms with Gasteiger partial charge in [0, 0.05) is 17.3 Å². The van der Waals surface area contributed by atoms with Crippen molar-refractivity contribution in [3.05, 3.63) is 52.8 Å². The van der Waals surface area contributed by atoms with Crippen molar-refractivity contribution < 1.29 is 9.90 Å². The second-order valence-electron chi connectivity index (χ2n) is 5.34. The highest BCUT2D eigenvalue weighted by Gasteiger charge is 2.10. The van der Waals surface area contributed by atoms with E-state index < -0.39 is 0 Å². The minimum absolute atomic E-state index is 0.0722. The number of rotatable bonds is 5. The summed E-state index contributed by atoms with van der Waals surface area (Å²) in [6.45, 7) is 6.30. The van der Waals surface area contributed by atoms with Crippen LogP contribution in [-0.4, -0.2) is 33.4 Å². The van der Waals surface area contributed by atoms with Gasteiger partial charge in [0.15, 0.2) is 0 Å². The third-order valence-electron chi connectivity index (χ3n) is 3.28. The van der Waals surface area contributed by atoms with E-state index in [9.17, 15) is 4.79 Å². The van der Waals surface area contributed by atoms with Gasteiger partial charge in [-0.3, -0.25) is 9.48 Å². The van der Waals surface area contributed by atoms with E-state index in [0.29, 0.717) is 12.1 Å². The summed E-state index contributed by atoms with van der Waals surface area (Å²) in [5.74, 6) is -0.174. The topological polar surface area (TPSA) is 67.2 Å². The van der Waals surface area contributed by atoms with E-state index in [4.69, 9.17) is 5.11 Å². The zero-order chi connectivity index (χ0) is 15.4. The summed E-state index contributed by atoms with van der Waals surface area (Å²) in [5.41, 5.74) is 3.69. The molecular formula is C16H21N3O2. The molecule has 2 rings (SSSR count). The molecule has 0 radical (unpaired) electrons. The molecule has 1 amide bonds. The Morgan fingerprint density at radius 3 is 2.76 bits per heavy atom. The minimum Gasteiger partial charge on any atom is -0.394 e. The van der Waals surface area contributed by atoms with Crippen LogP contribution >= 0.6 is 0 Å². The van der Waals surface area contributed by atoms with E-state index in [2.05, 4.69) is 10.4 Å². The average molecular weight is 287 g/mol. The van der Waals surface area contributed by atoms with E-state index in [1.807, 2.05) is 42.8 Å². The third kappa shape index (κ3) is 3.92. The number of nitrogens with one attached hydrogen (secondary N) is 1. The molecule has 0 aliphatic rings. The first-order valence-corrected chi connectivity index (χ1v) is 7.01. The van der Waals surface area contributed by atoms with Crippen LogP contribution in [0, 0.1) is 13.8 Å². The third-order valence-corrected chi connectivity index (χ3v) is 3.28. The van der Waals surface area contributed by atoms with Gasteiger partial charge in [-0.25, -0.2) is 0 Å². The molecule has 0 bridgehead atoms. The number of aromatic nitrogens is 2. The number of nitrogens with zero attached hydrogens (tertiary/aromatic N) is 2. The van der Waals surface area contributed by atoms with Gasteiger partial charge in [-0.2, -0.15) is 5.10 Å². The lowest BCUT2D eigenvalue weighted by atomic mass is 10.1. The smallest absolute Gasteiger partial charge is 0.251 e. The van der Waals surface area contributed by atoms with Crippen LogP contribution in [0.25, 0.3) is 0 Å². The van der Waals surface area contributed by atoms with Crippen molar-refractivity contribution in [2.75, 3.05) is 6.61 Å². The molecule has 5 nitrogen and oxygen atoms in total. The van der Waals surface area contributed by atoms with E-state index in [1.54, 1.807) is 13.0 Å². The van der Waals surface area contributed by atoms with Gasteiger partial charge in [-0.1, -0.05) is 12.1 Å². The lowest BCUT2D eigenvalue weighted by Gasteiger charge is -2.11. The quantitative estimate of drug-likeness (QED) is 0.879. The Hall–Kier alpha value is -2.14. The van der Waals surface area contributed by atoms with Crippen molar-refractivity contribution in [1.29, 1.82) is 0 Å². The van der Waals surface area contributed by atoms with Crippen molar-refractivity contribution in [1.82, 2.24) is 15.1 Å². The fourth-order valence-corrected chi connectivity index (χ4v) is 2.17. The SMILES string of the molecule is Cc1cc(C)n(Cc2cccc(C(=O)NC(C)CO)c2)n1. The van der Waals surface area contributed by atoms with Crippen molar-refractivity contribution in [2.45, 2.75) is 33.4 Å². The summed E-state index contributed by atoms with van der Waals surface area (Å²) in [5, 5.41) is 16.2. The monoisotopic (exact) mass is 287 g/mol. The molecule has 1 unspecified atom stereocenters. The fourth-order valence-electron chi connectivity index (χ4n) is 2.17. The van der Waals surface area contributed by atoms with Crippen LogP contribution in [0.3, 0.4) is 0 Å². The molecule has 2 aromatic rings. The first kappa shape index (κ1) is 15.3. The molecule has 0 saturated carbocycles. The number of hydrogen-bond donors (Lipinski definition) is 2. The molecule has 2 N–H and O–H groups in total. The second kappa shape index (κ2) is 6.54. The second-order valence-corrected chi connectivity index (χ2v) is 5.34. The number of aliphatic hydroxyl groups is 1. The van der Waals surface area contributed by atoms with Gasteiger partial charge >= 0.3 is 0 Å². The Morgan fingerprint density at radius 1 is 1.38 bits per heavy atom. The van der Waals surface area contributed by atoms with Gasteiger partial charge < -0.3 is 10.4 Å². The van der Waals surface area contributed by atoms with Crippen molar-refractivity contribution in [3.63, 3.8) is 0 Å². The fraction of sp³-hybridized carbons (Fsp3) is 0.375. The Kier molecular flexibility index (Phi) is 4.75. The van der Waals surface area contributed by atoms with Crippen LogP contribution in [0.4, 0.5) is 0 Å². The summed E-state index contributed by atoms with van der Waals surface area (Å²) < 4.78 is 1.92. The van der Waals surface area contributed by atoms with Crippen molar-refractivity contribution in [2.24, 2.45) is 0 Å². The molecule has 0 aliphatic carbocycles. The molecule has 1 aromatic carbocycles. The summed E-state index contributed by atoms with van der Waals surface area (Å²) in [6.07, 6.45) is 0. The molecular weight excluding hydrogens is 266 g/mol. The van der Waals surface area contributed by atoms with Gasteiger partial charge in [0.25, 0.3) is 5.91 Å². The number of aryl methyl sites for hydroxylation is 2. The van der Waals surface area contributed by atoms with E-state index >= 15 is 0 Å². The van der Waals surface area contributed by atoms with Gasteiger partial charge in [0.1, 0.15) is 0 Å². The molecule has 0 aliphatic heterocycles. The van der Waals surface area contributed by atoms with E-state index in [0.717, 1.165) is 17.0 Å². The summed E-state index contributed by atoms with van der Waals surface area (Å²) in [7, 11) is 0. The Labute approximate surface area is 124 Å². The zero-order valence-electron chi connectivity index (χ0n) is 12.6.